The van der Waals surface area contributed by atoms with Gasteiger partial charge in [-0.2, -0.15) is 0 Å². The molecule has 0 amide bonds. The first kappa shape index (κ1) is 9.58. The van der Waals surface area contributed by atoms with Gasteiger partial charge in [-0.25, -0.2) is 17.8 Å². The minimum Gasteiger partial charge on any atom is -0.238 e. The van der Waals surface area contributed by atoms with Crippen molar-refractivity contribution in [3.63, 3.8) is 0 Å². The number of aryl methyl sites for hydroxylation is 2. The second-order valence-electron chi connectivity index (χ2n) is 3.30. The van der Waals surface area contributed by atoms with Crippen molar-refractivity contribution in [1.29, 1.82) is 0 Å². The van der Waals surface area contributed by atoms with Crippen molar-refractivity contribution in [2.45, 2.75) is 24.8 Å². The SMILES string of the molecule is CCc1nc2c(cc1F)CCS2(=O)=O. The first-order chi connectivity index (χ1) is 6.54. The van der Waals surface area contributed by atoms with Gasteiger partial charge < -0.3 is 0 Å². The fourth-order valence-electron chi connectivity index (χ4n) is 1.58. The lowest BCUT2D eigenvalue weighted by Gasteiger charge is -2.02. The summed E-state index contributed by atoms with van der Waals surface area (Å²) in [6, 6.07) is 1.30. The van der Waals surface area contributed by atoms with Crippen LogP contribution < -0.4 is 0 Å². The number of rotatable bonds is 1. The summed E-state index contributed by atoms with van der Waals surface area (Å²) in [5.41, 5.74) is 0.744. The molecule has 0 aromatic carbocycles. The Balaban J connectivity index is 2.68. The van der Waals surface area contributed by atoms with Crippen molar-refractivity contribution in [2.75, 3.05) is 5.75 Å². The van der Waals surface area contributed by atoms with Crippen LogP contribution >= 0.6 is 0 Å². The van der Waals surface area contributed by atoms with E-state index in [2.05, 4.69) is 4.98 Å². The van der Waals surface area contributed by atoms with E-state index >= 15 is 0 Å². The van der Waals surface area contributed by atoms with Gasteiger partial charge in [0.15, 0.2) is 14.9 Å². The maximum Gasteiger partial charge on any atom is 0.196 e. The monoisotopic (exact) mass is 215 g/mol. The van der Waals surface area contributed by atoms with Crippen molar-refractivity contribution < 1.29 is 12.8 Å². The highest BCUT2D eigenvalue weighted by Gasteiger charge is 2.29. The minimum absolute atomic E-state index is 0.0575. The van der Waals surface area contributed by atoms with Crippen LogP contribution in [0.25, 0.3) is 0 Å². The van der Waals surface area contributed by atoms with Gasteiger partial charge in [0.2, 0.25) is 0 Å². The molecule has 1 aliphatic heterocycles. The van der Waals surface area contributed by atoms with Crippen LogP contribution in [-0.4, -0.2) is 19.2 Å². The highest BCUT2D eigenvalue weighted by Crippen LogP contribution is 2.25. The molecule has 0 fully saturated rings. The summed E-state index contributed by atoms with van der Waals surface area (Å²) in [5.74, 6) is -0.342. The lowest BCUT2D eigenvalue weighted by atomic mass is 10.2. The molecule has 5 heteroatoms. The number of aromatic nitrogens is 1. The van der Waals surface area contributed by atoms with Gasteiger partial charge in [-0.1, -0.05) is 6.92 Å². The molecule has 1 aromatic heterocycles. The molecule has 0 atom stereocenters. The molecule has 1 aromatic rings. The van der Waals surface area contributed by atoms with Crippen LogP contribution in [-0.2, 0) is 22.7 Å². The molecule has 2 heterocycles. The molecule has 0 saturated carbocycles. The highest BCUT2D eigenvalue weighted by atomic mass is 32.2. The van der Waals surface area contributed by atoms with E-state index in [4.69, 9.17) is 0 Å². The molecule has 0 spiro atoms. The van der Waals surface area contributed by atoms with Gasteiger partial charge in [0.25, 0.3) is 0 Å². The van der Waals surface area contributed by atoms with Crippen LogP contribution in [0, 0.1) is 5.82 Å². The standard InChI is InChI=1S/C9H10FNO2S/c1-2-8-7(10)5-6-3-4-14(12,13)9(6)11-8/h5H,2-4H2,1H3. The summed E-state index contributed by atoms with van der Waals surface area (Å²) in [7, 11) is -3.23. The summed E-state index contributed by atoms with van der Waals surface area (Å²) in [5, 5.41) is 0.0794. The topological polar surface area (TPSA) is 47.0 Å². The van der Waals surface area contributed by atoms with Crippen molar-refractivity contribution in [1.82, 2.24) is 4.98 Å². The van der Waals surface area contributed by atoms with Crippen molar-refractivity contribution in [2.24, 2.45) is 0 Å². The smallest absolute Gasteiger partial charge is 0.196 e. The summed E-state index contributed by atoms with van der Waals surface area (Å²) in [6.07, 6.45) is 0.792. The molecule has 3 nitrogen and oxygen atoms in total. The van der Waals surface area contributed by atoms with E-state index in [9.17, 15) is 12.8 Å². The molecule has 2 rings (SSSR count). The number of nitrogens with zero attached hydrogens (tertiary/aromatic N) is 1. The average Bonchev–Trinajstić information content (AvgIpc) is 2.41. The highest BCUT2D eigenvalue weighted by molar-refractivity contribution is 7.91. The number of pyridine rings is 1. The number of halogens is 1. The Morgan fingerprint density at radius 3 is 2.93 bits per heavy atom. The van der Waals surface area contributed by atoms with E-state index < -0.39 is 15.7 Å². The van der Waals surface area contributed by atoms with Crippen molar-refractivity contribution >= 4 is 9.84 Å². The van der Waals surface area contributed by atoms with Gasteiger partial charge in [0.1, 0.15) is 5.82 Å². The third-order valence-corrected chi connectivity index (χ3v) is 4.04. The van der Waals surface area contributed by atoms with Crippen LogP contribution in [0.1, 0.15) is 18.2 Å². The first-order valence-electron chi connectivity index (χ1n) is 4.45. The predicted molar refractivity (Wildman–Crippen MR) is 49.3 cm³/mol. The van der Waals surface area contributed by atoms with E-state index in [1.165, 1.54) is 6.07 Å². The van der Waals surface area contributed by atoms with E-state index in [0.29, 0.717) is 18.4 Å². The zero-order chi connectivity index (χ0) is 10.3. The van der Waals surface area contributed by atoms with E-state index in [0.717, 1.165) is 0 Å². The zero-order valence-electron chi connectivity index (χ0n) is 7.75. The van der Waals surface area contributed by atoms with Crippen LogP contribution in [0.3, 0.4) is 0 Å². The predicted octanol–water partition coefficient (Wildman–Crippen LogP) is 1.11. The van der Waals surface area contributed by atoms with Gasteiger partial charge in [-0.05, 0) is 24.5 Å². The van der Waals surface area contributed by atoms with Crippen LogP contribution in [0.2, 0.25) is 0 Å². The number of fused-ring (bicyclic) bond motifs is 1. The molecule has 76 valence electrons. The second kappa shape index (κ2) is 3.02. The molecule has 0 aliphatic carbocycles. The Hall–Kier alpha value is -0.970. The van der Waals surface area contributed by atoms with E-state index in [1.54, 1.807) is 6.92 Å². The van der Waals surface area contributed by atoms with E-state index in [-0.39, 0.29) is 16.5 Å². The van der Waals surface area contributed by atoms with Gasteiger partial charge in [-0.3, -0.25) is 0 Å². The summed E-state index contributed by atoms with van der Waals surface area (Å²) < 4.78 is 36.1. The molecule has 14 heavy (non-hydrogen) atoms. The van der Waals surface area contributed by atoms with Gasteiger partial charge in [0, 0.05) is 0 Å². The molecular weight excluding hydrogens is 205 g/mol. The minimum atomic E-state index is -3.23. The van der Waals surface area contributed by atoms with Gasteiger partial charge in [-0.15, -0.1) is 0 Å². The molecule has 0 bridgehead atoms. The van der Waals surface area contributed by atoms with Crippen molar-refractivity contribution in [3.8, 4) is 0 Å². The molecule has 0 N–H and O–H groups in total. The molecule has 0 unspecified atom stereocenters. The molecule has 0 radical (unpaired) electrons. The Labute approximate surface area is 81.9 Å². The van der Waals surface area contributed by atoms with Crippen LogP contribution in [0.15, 0.2) is 11.1 Å². The number of hydrogen-bond donors (Lipinski definition) is 0. The Morgan fingerprint density at radius 2 is 2.29 bits per heavy atom. The maximum atomic E-state index is 13.2. The Kier molecular flexibility index (Phi) is 2.06. The Morgan fingerprint density at radius 1 is 1.57 bits per heavy atom. The van der Waals surface area contributed by atoms with E-state index in [1.807, 2.05) is 0 Å². The summed E-state index contributed by atoms with van der Waals surface area (Å²) in [6.45, 7) is 1.75. The lowest BCUT2D eigenvalue weighted by molar-refractivity contribution is 0.584. The number of hydrogen-bond acceptors (Lipinski definition) is 3. The second-order valence-corrected chi connectivity index (χ2v) is 5.33. The third-order valence-electron chi connectivity index (χ3n) is 2.36. The fourth-order valence-corrected chi connectivity index (χ4v) is 3.07. The first-order valence-corrected chi connectivity index (χ1v) is 6.11. The molecule has 0 saturated heterocycles. The third kappa shape index (κ3) is 1.32. The Bertz CT molecular complexity index is 482. The average molecular weight is 215 g/mol. The quantitative estimate of drug-likeness (QED) is 0.705. The number of sulfone groups is 1. The molecule has 1 aliphatic rings. The van der Waals surface area contributed by atoms with Gasteiger partial charge in [0.05, 0.1) is 11.4 Å². The van der Waals surface area contributed by atoms with Crippen LogP contribution in [0.5, 0.6) is 0 Å². The summed E-state index contributed by atoms with van der Waals surface area (Å²) >= 11 is 0. The zero-order valence-corrected chi connectivity index (χ0v) is 8.57. The summed E-state index contributed by atoms with van der Waals surface area (Å²) in [4.78, 5) is 3.86. The molecular formula is C9H10FNO2S. The van der Waals surface area contributed by atoms with Crippen LogP contribution in [0.4, 0.5) is 4.39 Å². The largest absolute Gasteiger partial charge is 0.238 e. The normalized spacial score (nSPS) is 18.1. The fraction of sp³-hybridized carbons (Fsp3) is 0.444. The van der Waals surface area contributed by atoms with Crippen molar-refractivity contribution in [3.05, 3.63) is 23.1 Å². The maximum absolute atomic E-state index is 13.2. The van der Waals surface area contributed by atoms with Gasteiger partial charge >= 0.3 is 0 Å². The lowest BCUT2D eigenvalue weighted by Crippen LogP contribution is -2.04.